The topological polar surface area (TPSA) is 32.3 Å². The van der Waals surface area contributed by atoms with Crippen LogP contribution in [0, 0.1) is 0 Å². The maximum absolute atomic E-state index is 10.1. The van der Waals surface area contributed by atoms with Crippen LogP contribution in [0.4, 0.5) is 0 Å². The van der Waals surface area contributed by atoms with Crippen molar-refractivity contribution >= 4 is 8.32 Å². The van der Waals surface area contributed by atoms with Gasteiger partial charge in [-0.1, -0.05) is 27.7 Å². The van der Waals surface area contributed by atoms with Crippen LogP contribution in [0.15, 0.2) is 0 Å². The first-order valence-corrected chi connectivity index (χ1v) is 8.57. The predicted molar refractivity (Wildman–Crippen MR) is 66.1 cm³/mol. The molecule has 0 bridgehead atoms. The van der Waals surface area contributed by atoms with Gasteiger partial charge in [0, 0.05) is 6.04 Å². The molecule has 0 aliphatic heterocycles. The van der Waals surface area contributed by atoms with E-state index in [1.165, 1.54) is 0 Å². The van der Waals surface area contributed by atoms with Gasteiger partial charge in [0.1, 0.15) is 0 Å². The Hall–Kier alpha value is 0.137. The summed E-state index contributed by atoms with van der Waals surface area (Å²) in [6.07, 6.45) is 2.27. The lowest BCUT2D eigenvalue weighted by molar-refractivity contribution is 0.433. The van der Waals surface area contributed by atoms with Crippen LogP contribution in [0.2, 0.25) is 18.1 Å². The van der Waals surface area contributed by atoms with Crippen molar-refractivity contribution in [1.29, 1.82) is 0 Å². The SMILES string of the molecule is CC(C)NCCCC(C)(C)[Si](C)(C)O. The van der Waals surface area contributed by atoms with Crippen molar-refractivity contribution in [2.45, 2.75) is 64.7 Å². The van der Waals surface area contributed by atoms with Gasteiger partial charge >= 0.3 is 0 Å². The smallest absolute Gasteiger partial charge is 0.188 e. The average molecular weight is 217 g/mol. The van der Waals surface area contributed by atoms with Crippen molar-refractivity contribution in [2.75, 3.05) is 6.54 Å². The molecule has 0 saturated heterocycles. The second-order valence-corrected chi connectivity index (χ2v) is 10.1. The molecule has 2 N–H and O–H groups in total. The minimum atomic E-state index is -1.99. The van der Waals surface area contributed by atoms with Crippen molar-refractivity contribution in [2.24, 2.45) is 0 Å². The van der Waals surface area contributed by atoms with E-state index in [2.05, 4.69) is 33.0 Å². The molecule has 0 aliphatic carbocycles. The van der Waals surface area contributed by atoms with Crippen LogP contribution in [0.25, 0.3) is 0 Å². The number of hydrogen-bond donors (Lipinski definition) is 2. The Labute approximate surface area is 90.2 Å². The molecule has 0 aromatic rings. The van der Waals surface area contributed by atoms with Gasteiger partial charge in [0.15, 0.2) is 8.32 Å². The van der Waals surface area contributed by atoms with Crippen LogP contribution < -0.4 is 5.32 Å². The van der Waals surface area contributed by atoms with Crippen LogP contribution in [0.5, 0.6) is 0 Å². The van der Waals surface area contributed by atoms with E-state index in [1.807, 2.05) is 13.1 Å². The monoisotopic (exact) mass is 217 g/mol. The molecule has 0 saturated carbocycles. The van der Waals surface area contributed by atoms with Gasteiger partial charge in [0.2, 0.25) is 0 Å². The average Bonchev–Trinajstić information content (AvgIpc) is 1.95. The summed E-state index contributed by atoms with van der Waals surface area (Å²) in [6, 6.07) is 0.567. The zero-order valence-corrected chi connectivity index (χ0v) is 11.6. The van der Waals surface area contributed by atoms with E-state index in [-0.39, 0.29) is 5.04 Å². The highest BCUT2D eigenvalue weighted by molar-refractivity contribution is 6.72. The normalized spacial score (nSPS) is 13.7. The van der Waals surface area contributed by atoms with E-state index < -0.39 is 8.32 Å². The highest BCUT2D eigenvalue weighted by atomic mass is 28.4. The largest absolute Gasteiger partial charge is 0.432 e. The number of hydrogen-bond acceptors (Lipinski definition) is 2. The van der Waals surface area contributed by atoms with Crippen molar-refractivity contribution in [1.82, 2.24) is 5.32 Å². The molecule has 0 aromatic heterocycles. The highest BCUT2D eigenvalue weighted by Gasteiger charge is 2.37. The van der Waals surface area contributed by atoms with Gasteiger partial charge < -0.3 is 10.1 Å². The zero-order chi connectivity index (χ0) is 11.4. The molecule has 3 heteroatoms. The minimum absolute atomic E-state index is 0.131. The molecule has 0 atom stereocenters. The van der Waals surface area contributed by atoms with E-state index >= 15 is 0 Å². The fourth-order valence-corrected chi connectivity index (χ4v) is 2.02. The van der Waals surface area contributed by atoms with Gasteiger partial charge in [-0.15, -0.1) is 0 Å². The van der Waals surface area contributed by atoms with Crippen LogP contribution in [-0.4, -0.2) is 25.7 Å². The summed E-state index contributed by atoms with van der Waals surface area (Å²) in [5, 5.41) is 3.53. The van der Waals surface area contributed by atoms with Crippen molar-refractivity contribution < 1.29 is 4.80 Å². The fraction of sp³-hybridized carbons (Fsp3) is 1.00. The summed E-state index contributed by atoms with van der Waals surface area (Å²) in [7, 11) is -1.99. The Morgan fingerprint density at radius 2 is 1.79 bits per heavy atom. The summed E-state index contributed by atoms with van der Waals surface area (Å²) in [5.74, 6) is 0. The molecule has 0 heterocycles. The van der Waals surface area contributed by atoms with Crippen LogP contribution in [-0.2, 0) is 0 Å². The summed E-state index contributed by atoms with van der Waals surface area (Å²) >= 11 is 0. The first-order chi connectivity index (χ1) is 6.17. The molecule has 2 nitrogen and oxygen atoms in total. The molecule has 0 spiro atoms. The minimum Gasteiger partial charge on any atom is -0.432 e. The van der Waals surface area contributed by atoms with Gasteiger partial charge in [-0.2, -0.15) is 0 Å². The third-order valence-electron chi connectivity index (χ3n) is 3.19. The maximum atomic E-state index is 10.1. The Morgan fingerprint density at radius 3 is 2.14 bits per heavy atom. The Morgan fingerprint density at radius 1 is 1.29 bits per heavy atom. The van der Waals surface area contributed by atoms with Gasteiger partial charge in [-0.05, 0) is 37.5 Å². The molecular weight excluding hydrogens is 190 g/mol. The van der Waals surface area contributed by atoms with E-state index in [4.69, 9.17) is 0 Å². The van der Waals surface area contributed by atoms with E-state index in [0.29, 0.717) is 6.04 Å². The van der Waals surface area contributed by atoms with Gasteiger partial charge in [-0.3, -0.25) is 0 Å². The van der Waals surface area contributed by atoms with Gasteiger partial charge in [0.05, 0.1) is 0 Å². The third kappa shape index (κ3) is 5.13. The maximum Gasteiger partial charge on any atom is 0.188 e. The Balaban J connectivity index is 3.78. The van der Waals surface area contributed by atoms with E-state index in [1.54, 1.807) is 0 Å². The molecule has 14 heavy (non-hydrogen) atoms. The standard InChI is InChI=1S/C11H27NOSi/c1-10(2)12-9-7-8-11(3,4)14(5,6)13/h10,12-13H,7-9H2,1-6H3. The molecule has 0 radical (unpaired) electrons. The van der Waals surface area contributed by atoms with E-state index in [0.717, 1.165) is 19.4 Å². The Bertz CT molecular complexity index is 161. The lowest BCUT2D eigenvalue weighted by Crippen LogP contribution is -2.39. The molecule has 0 aliphatic rings. The molecule has 0 rings (SSSR count). The van der Waals surface area contributed by atoms with Crippen LogP contribution >= 0.6 is 0 Å². The molecule has 0 aromatic carbocycles. The van der Waals surface area contributed by atoms with Crippen molar-refractivity contribution in [3.05, 3.63) is 0 Å². The number of nitrogens with one attached hydrogen (secondary N) is 1. The second kappa shape index (κ2) is 5.28. The highest BCUT2D eigenvalue weighted by Crippen LogP contribution is 2.39. The third-order valence-corrected chi connectivity index (χ3v) is 6.75. The summed E-state index contributed by atoms with van der Waals surface area (Å²) < 4.78 is 0. The summed E-state index contributed by atoms with van der Waals surface area (Å²) in [4.78, 5) is 10.1. The summed E-state index contributed by atoms with van der Waals surface area (Å²) in [6.45, 7) is 13.8. The van der Waals surface area contributed by atoms with Crippen molar-refractivity contribution in [3.63, 3.8) is 0 Å². The van der Waals surface area contributed by atoms with Crippen molar-refractivity contribution in [3.8, 4) is 0 Å². The summed E-state index contributed by atoms with van der Waals surface area (Å²) in [5.41, 5.74) is 0. The van der Waals surface area contributed by atoms with E-state index in [9.17, 15) is 4.80 Å². The van der Waals surface area contributed by atoms with Crippen LogP contribution in [0.3, 0.4) is 0 Å². The zero-order valence-electron chi connectivity index (χ0n) is 10.6. The predicted octanol–water partition coefficient (Wildman–Crippen LogP) is 2.74. The first-order valence-electron chi connectivity index (χ1n) is 5.62. The van der Waals surface area contributed by atoms with Gasteiger partial charge in [0.25, 0.3) is 0 Å². The molecular formula is C11H27NOSi. The molecule has 86 valence electrons. The molecule has 0 amide bonds. The lowest BCUT2D eigenvalue weighted by atomic mass is 10.1. The Kier molecular flexibility index (Phi) is 5.34. The lowest BCUT2D eigenvalue weighted by Gasteiger charge is -2.35. The quantitative estimate of drug-likeness (QED) is 0.530. The molecule has 0 fully saturated rings. The number of rotatable bonds is 6. The molecule has 0 unspecified atom stereocenters. The van der Waals surface area contributed by atoms with Gasteiger partial charge in [-0.25, -0.2) is 0 Å². The first kappa shape index (κ1) is 14.1. The van der Waals surface area contributed by atoms with Crippen LogP contribution in [0.1, 0.15) is 40.5 Å². The fourth-order valence-electron chi connectivity index (χ4n) is 1.23. The second-order valence-electron chi connectivity index (χ2n) is 5.66.